The van der Waals surface area contributed by atoms with E-state index in [2.05, 4.69) is 17.2 Å². The maximum Gasteiger partial charge on any atom is 0.274 e. The fourth-order valence-electron chi connectivity index (χ4n) is 1.82. The third-order valence-corrected chi connectivity index (χ3v) is 3.23. The van der Waals surface area contributed by atoms with E-state index in [4.69, 9.17) is 11.6 Å². The Morgan fingerprint density at radius 2 is 1.95 bits per heavy atom. The molecule has 20 heavy (non-hydrogen) atoms. The number of hydrogen-bond donors (Lipinski definition) is 1. The molecule has 0 saturated carbocycles. The molecule has 3 nitrogen and oxygen atoms in total. The van der Waals surface area contributed by atoms with Crippen molar-refractivity contribution in [3.8, 4) is 0 Å². The van der Waals surface area contributed by atoms with Gasteiger partial charge < -0.3 is 5.32 Å². The van der Waals surface area contributed by atoms with E-state index in [1.54, 1.807) is 36.5 Å². The molecule has 1 aromatic heterocycles. The number of unbranched alkanes of at least 4 members (excludes halogenated alkanes) is 1. The van der Waals surface area contributed by atoms with Crippen LogP contribution in [0.4, 0.5) is 5.69 Å². The van der Waals surface area contributed by atoms with Crippen LogP contribution >= 0.6 is 11.6 Å². The highest BCUT2D eigenvalue weighted by Crippen LogP contribution is 2.14. The van der Waals surface area contributed by atoms with Crippen LogP contribution in [0.1, 0.15) is 35.8 Å². The molecular weight excluding hydrogens is 272 g/mol. The number of nitrogens with zero attached hydrogens (tertiary/aromatic N) is 1. The molecule has 1 aromatic carbocycles. The zero-order valence-corrected chi connectivity index (χ0v) is 12.2. The summed E-state index contributed by atoms with van der Waals surface area (Å²) >= 11 is 5.80. The number of rotatable bonds is 5. The fraction of sp³-hybridized carbons (Fsp3) is 0.250. The van der Waals surface area contributed by atoms with Crippen molar-refractivity contribution in [3.63, 3.8) is 0 Å². The number of pyridine rings is 1. The van der Waals surface area contributed by atoms with Crippen LogP contribution < -0.4 is 5.32 Å². The van der Waals surface area contributed by atoms with Gasteiger partial charge in [-0.15, -0.1) is 0 Å². The van der Waals surface area contributed by atoms with Gasteiger partial charge in [0.1, 0.15) is 5.69 Å². The number of carbonyl (C=O) groups excluding carboxylic acids is 1. The SMILES string of the molecule is CCCCc1ccc(C(=O)Nc2ccc(Cl)cc2)nc1. The molecule has 0 fully saturated rings. The van der Waals surface area contributed by atoms with Gasteiger partial charge in [0.15, 0.2) is 0 Å². The summed E-state index contributed by atoms with van der Waals surface area (Å²) in [5.74, 6) is -0.214. The predicted octanol–water partition coefficient (Wildman–Crippen LogP) is 4.33. The molecule has 1 N–H and O–H groups in total. The average Bonchev–Trinajstić information content (AvgIpc) is 2.48. The van der Waals surface area contributed by atoms with Crippen molar-refractivity contribution < 1.29 is 4.79 Å². The van der Waals surface area contributed by atoms with Gasteiger partial charge in [-0.05, 0) is 48.7 Å². The van der Waals surface area contributed by atoms with Crippen LogP contribution in [0.5, 0.6) is 0 Å². The minimum Gasteiger partial charge on any atom is -0.321 e. The van der Waals surface area contributed by atoms with Crippen molar-refractivity contribution in [2.45, 2.75) is 26.2 Å². The van der Waals surface area contributed by atoms with Gasteiger partial charge in [-0.2, -0.15) is 0 Å². The summed E-state index contributed by atoms with van der Waals surface area (Å²) in [6.07, 6.45) is 5.06. The minimum absolute atomic E-state index is 0.214. The van der Waals surface area contributed by atoms with Gasteiger partial charge >= 0.3 is 0 Å². The first-order valence-corrected chi connectivity index (χ1v) is 7.08. The van der Waals surface area contributed by atoms with Crippen LogP contribution in [0, 0.1) is 0 Å². The maximum absolute atomic E-state index is 12.0. The Labute approximate surface area is 124 Å². The standard InChI is InChI=1S/C16H17ClN2O/c1-2-3-4-12-5-10-15(18-11-12)16(20)19-14-8-6-13(17)7-9-14/h5-11H,2-4H2,1H3,(H,19,20). The lowest BCUT2D eigenvalue weighted by atomic mass is 10.1. The highest BCUT2D eigenvalue weighted by Gasteiger charge is 2.07. The van der Waals surface area contributed by atoms with Gasteiger partial charge in [0.05, 0.1) is 0 Å². The van der Waals surface area contributed by atoms with Gasteiger partial charge in [0, 0.05) is 16.9 Å². The maximum atomic E-state index is 12.0. The average molecular weight is 289 g/mol. The third-order valence-electron chi connectivity index (χ3n) is 2.98. The lowest BCUT2D eigenvalue weighted by Crippen LogP contribution is -2.13. The zero-order chi connectivity index (χ0) is 14.4. The van der Waals surface area contributed by atoms with Crippen molar-refractivity contribution in [2.75, 3.05) is 5.32 Å². The summed E-state index contributed by atoms with van der Waals surface area (Å²) in [5.41, 5.74) is 2.28. The van der Waals surface area contributed by atoms with Crippen molar-refractivity contribution in [1.82, 2.24) is 4.98 Å². The Balaban J connectivity index is 2.00. The third kappa shape index (κ3) is 4.07. The van der Waals surface area contributed by atoms with Crippen molar-refractivity contribution >= 4 is 23.2 Å². The first-order chi connectivity index (χ1) is 9.69. The predicted molar refractivity (Wildman–Crippen MR) is 82.3 cm³/mol. The van der Waals surface area contributed by atoms with Crippen molar-refractivity contribution in [3.05, 3.63) is 58.9 Å². The lowest BCUT2D eigenvalue weighted by molar-refractivity contribution is 0.102. The number of halogens is 1. The number of nitrogens with one attached hydrogen (secondary N) is 1. The van der Waals surface area contributed by atoms with Gasteiger partial charge in [-0.1, -0.05) is 31.0 Å². The van der Waals surface area contributed by atoms with Crippen LogP contribution in [0.3, 0.4) is 0 Å². The lowest BCUT2D eigenvalue weighted by Gasteiger charge is -2.05. The van der Waals surface area contributed by atoms with Crippen molar-refractivity contribution in [1.29, 1.82) is 0 Å². The largest absolute Gasteiger partial charge is 0.321 e. The number of anilines is 1. The van der Waals surface area contributed by atoms with Gasteiger partial charge in [0.25, 0.3) is 5.91 Å². The second kappa shape index (κ2) is 7.06. The van der Waals surface area contributed by atoms with Crippen LogP contribution in [-0.2, 0) is 6.42 Å². The molecule has 1 heterocycles. The Bertz CT molecular complexity index is 564. The molecule has 0 aliphatic rings. The van der Waals surface area contributed by atoms with Crippen LogP contribution in [-0.4, -0.2) is 10.9 Å². The number of aromatic nitrogens is 1. The van der Waals surface area contributed by atoms with E-state index >= 15 is 0 Å². The molecule has 0 bridgehead atoms. The smallest absolute Gasteiger partial charge is 0.274 e. The molecule has 0 saturated heterocycles. The van der Waals surface area contributed by atoms with E-state index in [0.717, 1.165) is 24.8 Å². The number of aryl methyl sites for hydroxylation is 1. The highest BCUT2D eigenvalue weighted by atomic mass is 35.5. The van der Waals surface area contributed by atoms with E-state index in [0.29, 0.717) is 16.4 Å². The Morgan fingerprint density at radius 3 is 2.55 bits per heavy atom. The van der Waals surface area contributed by atoms with E-state index in [1.165, 1.54) is 0 Å². The topological polar surface area (TPSA) is 42.0 Å². The number of benzene rings is 1. The number of hydrogen-bond acceptors (Lipinski definition) is 2. The summed E-state index contributed by atoms with van der Waals surface area (Å²) in [6, 6.07) is 10.7. The molecule has 0 spiro atoms. The summed E-state index contributed by atoms with van der Waals surface area (Å²) in [6.45, 7) is 2.15. The van der Waals surface area contributed by atoms with E-state index in [-0.39, 0.29) is 5.91 Å². The van der Waals surface area contributed by atoms with Crippen LogP contribution in [0.2, 0.25) is 5.02 Å². The number of amides is 1. The molecule has 0 aliphatic carbocycles. The molecule has 1 amide bonds. The normalized spacial score (nSPS) is 10.3. The minimum atomic E-state index is -0.214. The molecular formula is C16H17ClN2O. The van der Waals surface area contributed by atoms with Gasteiger partial charge in [-0.3, -0.25) is 9.78 Å². The zero-order valence-electron chi connectivity index (χ0n) is 11.4. The summed E-state index contributed by atoms with van der Waals surface area (Å²) in [7, 11) is 0. The highest BCUT2D eigenvalue weighted by molar-refractivity contribution is 6.30. The van der Waals surface area contributed by atoms with E-state index in [9.17, 15) is 4.79 Å². The van der Waals surface area contributed by atoms with E-state index in [1.807, 2.05) is 6.07 Å². The second-order valence-electron chi connectivity index (χ2n) is 4.62. The molecule has 104 valence electrons. The number of carbonyl (C=O) groups is 1. The summed E-state index contributed by atoms with van der Waals surface area (Å²) in [5, 5.41) is 3.43. The van der Waals surface area contributed by atoms with E-state index < -0.39 is 0 Å². The molecule has 2 aromatic rings. The summed E-state index contributed by atoms with van der Waals surface area (Å²) < 4.78 is 0. The molecule has 0 radical (unpaired) electrons. The Hall–Kier alpha value is -1.87. The Morgan fingerprint density at radius 1 is 1.20 bits per heavy atom. The van der Waals surface area contributed by atoms with Crippen molar-refractivity contribution in [2.24, 2.45) is 0 Å². The first kappa shape index (κ1) is 14.5. The summed E-state index contributed by atoms with van der Waals surface area (Å²) in [4.78, 5) is 16.2. The molecule has 0 unspecified atom stereocenters. The Kier molecular flexibility index (Phi) is 5.13. The van der Waals surface area contributed by atoms with Gasteiger partial charge in [0.2, 0.25) is 0 Å². The monoisotopic (exact) mass is 288 g/mol. The molecule has 0 aliphatic heterocycles. The molecule has 4 heteroatoms. The second-order valence-corrected chi connectivity index (χ2v) is 5.05. The van der Waals surface area contributed by atoms with Crippen LogP contribution in [0.25, 0.3) is 0 Å². The first-order valence-electron chi connectivity index (χ1n) is 6.71. The van der Waals surface area contributed by atoms with Crippen LogP contribution in [0.15, 0.2) is 42.6 Å². The fourth-order valence-corrected chi connectivity index (χ4v) is 1.94. The quantitative estimate of drug-likeness (QED) is 0.890. The molecule has 0 atom stereocenters. The molecule has 2 rings (SSSR count). The van der Waals surface area contributed by atoms with Gasteiger partial charge in [-0.25, -0.2) is 0 Å².